The lowest BCUT2D eigenvalue weighted by molar-refractivity contribution is 0.0567. The second-order valence-electron chi connectivity index (χ2n) is 6.36. The number of carbonyl (C=O) groups excluding carboxylic acids is 1. The third kappa shape index (κ3) is 2.73. The zero-order valence-corrected chi connectivity index (χ0v) is 13.0. The van der Waals surface area contributed by atoms with Gasteiger partial charge in [0, 0.05) is 24.9 Å². The van der Waals surface area contributed by atoms with Crippen molar-refractivity contribution in [2.75, 3.05) is 6.54 Å². The fourth-order valence-electron chi connectivity index (χ4n) is 3.29. The highest BCUT2D eigenvalue weighted by atomic mass is 16.4. The van der Waals surface area contributed by atoms with Gasteiger partial charge in [0.25, 0.3) is 5.91 Å². The highest BCUT2D eigenvalue weighted by molar-refractivity contribution is 5.94. The van der Waals surface area contributed by atoms with E-state index in [1.165, 1.54) is 6.42 Å². The molecule has 0 spiro atoms. The van der Waals surface area contributed by atoms with Gasteiger partial charge < -0.3 is 9.32 Å². The molecule has 120 valence electrons. The molecule has 4 rings (SSSR count). The molecule has 2 aromatic rings. The van der Waals surface area contributed by atoms with Gasteiger partial charge in [-0.25, -0.2) is 0 Å². The molecule has 2 fully saturated rings. The predicted octanol–water partition coefficient (Wildman–Crippen LogP) is 3.10. The van der Waals surface area contributed by atoms with Gasteiger partial charge in [-0.05, 0) is 44.2 Å². The van der Waals surface area contributed by atoms with Crippen LogP contribution < -0.4 is 0 Å². The molecule has 0 unspecified atom stereocenters. The summed E-state index contributed by atoms with van der Waals surface area (Å²) in [7, 11) is 0. The highest BCUT2D eigenvalue weighted by Gasteiger charge is 2.34. The fraction of sp³-hybridized carbons (Fsp3) is 0.529. The molecule has 1 saturated carbocycles. The molecule has 0 bridgehead atoms. The molecule has 3 heterocycles. The van der Waals surface area contributed by atoms with E-state index in [0.717, 1.165) is 44.5 Å². The van der Waals surface area contributed by atoms with Crippen molar-refractivity contribution in [3.8, 4) is 0 Å². The zero-order valence-electron chi connectivity index (χ0n) is 13.0. The van der Waals surface area contributed by atoms with Crippen LogP contribution in [-0.4, -0.2) is 32.5 Å². The quantitative estimate of drug-likeness (QED) is 0.871. The summed E-state index contributed by atoms with van der Waals surface area (Å²) in [6.07, 6.45) is 9.73. The number of amides is 1. The molecule has 1 aliphatic heterocycles. The van der Waals surface area contributed by atoms with Crippen molar-refractivity contribution in [2.24, 2.45) is 0 Å². The van der Waals surface area contributed by atoms with Crippen molar-refractivity contribution in [1.29, 1.82) is 0 Å². The first-order valence-electron chi connectivity index (χ1n) is 8.37. The topological polar surface area (TPSA) is 72.1 Å². The van der Waals surface area contributed by atoms with Crippen LogP contribution in [0.15, 0.2) is 28.9 Å². The zero-order chi connectivity index (χ0) is 15.6. The molecule has 1 aliphatic carbocycles. The molecule has 1 saturated heterocycles. The number of hydrogen-bond donors (Lipinski definition) is 0. The van der Waals surface area contributed by atoms with Gasteiger partial charge >= 0.3 is 0 Å². The minimum absolute atomic E-state index is 0.00815. The molecular formula is C17H20N4O2. The average Bonchev–Trinajstić information content (AvgIpc) is 3.02. The van der Waals surface area contributed by atoms with E-state index in [9.17, 15) is 4.79 Å². The van der Waals surface area contributed by atoms with E-state index >= 15 is 0 Å². The monoisotopic (exact) mass is 312 g/mol. The van der Waals surface area contributed by atoms with Crippen molar-refractivity contribution in [2.45, 2.75) is 50.5 Å². The SMILES string of the molecule is O=C(c1cccnc1)N1CCCC[C@@H]1c1nnc(C2CCC2)o1. The summed E-state index contributed by atoms with van der Waals surface area (Å²) in [5.74, 6) is 1.74. The summed E-state index contributed by atoms with van der Waals surface area (Å²) in [5.41, 5.74) is 0.609. The Labute approximate surface area is 134 Å². The van der Waals surface area contributed by atoms with Gasteiger partial charge in [-0.3, -0.25) is 9.78 Å². The summed E-state index contributed by atoms with van der Waals surface area (Å²) in [6, 6.07) is 3.47. The van der Waals surface area contributed by atoms with Crippen LogP contribution in [0.3, 0.4) is 0 Å². The van der Waals surface area contributed by atoms with Crippen LogP contribution in [0.4, 0.5) is 0 Å². The standard InChI is InChI=1S/C17H20N4O2/c22-17(13-7-4-9-18-11-13)21-10-2-1-8-14(21)16-20-19-15(23-16)12-5-3-6-12/h4,7,9,11-12,14H,1-3,5-6,8,10H2/t14-/m1/s1. The Bertz CT molecular complexity index is 681. The first-order valence-corrected chi connectivity index (χ1v) is 8.37. The number of piperidine rings is 1. The largest absolute Gasteiger partial charge is 0.423 e. The third-order valence-electron chi connectivity index (χ3n) is 4.87. The Morgan fingerprint density at radius 3 is 2.74 bits per heavy atom. The number of hydrogen-bond acceptors (Lipinski definition) is 5. The minimum Gasteiger partial charge on any atom is -0.423 e. The number of rotatable bonds is 3. The van der Waals surface area contributed by atoms with Crippen LogP contribution in [0.2, 0.25) is 0 Å². The Morgan fingerprint density at radius 1 is 1.13 bits per heavy atom. The molecular weight excluding hydrogens is 292 g/mol. The van der Waals surface area contributed by atoms with Crippen molar-refractivity contribution < 1.29 is 9.21 Å². The molecule has 1 atom stereocenters. The van der Waals surface area contributed by atoms with Crippen LogP contribution in [-0.2, 0) is 0 Å². The van der Waals surface area contributed by atoms with Crippen LogP contribution in [0, 0.1) is 0 Å². The smallest absolute Gasteiger partial charge is 0.256 e. The second-order valence-corrected chi connectivity index (χ2v) is 6.36. The van der Waals surface area contributed by atoms with Gasteiger partial charge in [0.05, 0.1) is 5.56 Å². The van der Waals surface area contributed by atoms with Crippen LogP contribution in [0.1, 0.15) is 72.6 Å². The number of aromatic nitrogens is 3. The molecule has 2 aromatic heterocycles. The first-order chi connectivity index (χ1) is 11.3. The maximum atomic E-state index is 12.8. The molecule has 23 heavy (non-hydrogen) atoms. The van der Waals surface area contributed by atoms with E-state index in [2.05, 4.69) is 15.2 Å². The van der Waals surface area contributed by atoms with Gasteiger partial charge in [0.15, 0.2) is 0 Å². The van der Waals surface area contributed by atoms with Crippen LogP contribution in [0.25, 0.3) is 0 Å². The summed E-state index contributed by atoms with van der Waals surface area (Å²) in [4.78, 5) is 18.7. The van der Waals surface area contributed by atoms with Crippen LogP contribution in [0.5, 0.6) is 0 Å². The van der Waals surface area contributed by atoms with E-state index in [0.29, 0.717) is 17.4 Å². The van der Waals surface area contributed by atoms with Crippen molar-refractivity contribution in [1.82, 2.24) is 20.1 Å². The minimum atomic E-state index is -0.113. The number of nitrogens with zero attached hydrogens (tertiary/aromatic N) is 4. The molecule has 1 amide bonds. The average molecular weight is 312 g/mol. The molecule has 2 aliphatic rings. The Kier molecular flexibility index (Phi) is 3.81. The van der Waals surface area contributed by atoms with E-state index in [1.807, 2.05) is 4.90 Å². The van der Waals surface area contributed by atoms with Gasteiger partial charge in [-0.2, -0.15) is 0 Å². The van der Waals surface area contributed by atoms with Gasteiger partial charge in [0.2, 0.25) is 11.8 Å². The maximum absolute atomic E-state index is 12.8. The molecule has 6 nitrogen and oxygen atoms in total. The third-order valence-corrected chi connectivity index (χ3v) is 4.87. The summed E-state index contributed by atoms with van der Waals surface area (Å²) in [6.45, 7) is 0.722. The lowest BCUT2D eigenvalue weighted by Gasteiger charge is -2.33. The summed E-state index contributed by atoms with van der Waals surface area (Å²) < 4.78 is 5.91. The van der Waals surface area contributed by atoms with Crippen molar-refractivity contribution >= 4 is 5.91 Å². The number of pyridine rings is 1. The molecule has 0 N–H and O–H groups in total. The second kappa shape index (κ2) is 6.10. The highest BCUT2D eigenvalue weighted by Crippen LogP contribution is 2.37. The predicted molar refractivity (Wildman–Crippen MR) is 82.8 cm³/mol. The Balaban J connectivity index is 1.57. The summed E-state index contributed by atoms with van der Waals surface area (Å²) in [5, 5.41) is 8.46. The van der Waals surface area contributed by atoms with E-state index < -0.39 is 0 Å². The lowest BCUT2D eigenvalue weighted by atomic mass is 9.85. The van der Waals surface area contributed by atoms with Crippen molar-refractivity contribution in [3.63, 3.8) is 0 Å². The lowest BCUT2D eigenvalue weighted by Crippen LogP contribution is -2.38. The maximum Gasteiger partial charge on any atom is 0.256 e. The van der Waals surface area contributed by atoms with Gasteiger partial charge in [0.1, 0.15) is 6.04 Å². The van der Waals surface area contributed by atoms with E-state index in [1.54, 1.807) is 24.5 Å². The van der Waals surface area contributed by atoms with Crippen LogP contribution >= 0.6 is 0 Å². The Morgan fingerprint density at radius 2 is 2.00 bits per heavy atom. The van der Waals surface area contributed by atoms with Crippen molar-refractivity contribution in [3.05, 3.63) is 41.9 Å². The van der Waals surface area contributed by atoms with Gasteiger partial charge in [-0.15, -0.1) is 10.2 Å². The Hall–Kier alpha value is -2.24. The molecule has 0 aromatic carbocycles. The first kappa shape index (κ1) is 14.4. The van der Waals surface area contributed by atoms with Gasteiger partial charge in [-0.1, -0.05) is 6.42 Å². The normalized spacial score (nSPS) is 21.9. The van der Waals surface area contributed by atoms with E-state index in [4.69, 9.17) is 4.42 Å². The molecule has 0 radical (unpaired) electrons. The fourth-order valence-corrected chi connectivity index (χ4v) is 3.29. The number of likely N-dealkylation sites (tertiary alicyclic amines) is 1. The van der Waals surface area contributed by atoms with E-state index in [-0.39, 0.29) is 11.9 Å². The summed E-state index contributed by atoms with van der Waals surface area (Å²) >= 11 is 0. The number of carbonyl (C=O) groups is 1. The molecule has 6 heteroatoms.